The second-order valence-electron chi connectivity index (χ2n) is 5.50. The molecule has 0 aliphatic rings. The lowest BCUT2D eigenvalue weighted by molar-refractivity contribution is 0.0958. The van der Waals surface area contributed by atoms with E-state index in [-0.39, 0.29) is 5.91 Å². The lowest BCUT2D eigenvalue weighted by atomic mass is 10.1. The van der Waals surface area contributed by atoms with Crippen molar-refractivity contribution >= 4 is 24.1 Å². The summed E-state index contributed by atoms with van der Waals surface area (Å²) >= 11 is 0. The Hall–Kier alpha value is -3.27. The van der Waals surface area contributed by atoms with Crippen LogP contribution in [0.15, 0.2) is 55.6 Å². The molecule has 0 saturated heterocycles. The van der Waals surface area contributed by atoms with Gasteiger partial charge in [-0.3, -0.25) is 4.79 Å². The predicted molar refractivity (Wildman–Crippen MR) is 108 cm³/mol. The largest absolute Gasteiger partial charge is 0.496 e. The van der Waals surface area contributed by atoms with E-state index in [1.807, 2.05) is 36.4 Å². The summed E-state index contributed by atoms with van der Waals surface area (Å²) in [4.78, 5) is 11.9. The minimum atomic E-state index is -0.116. The van der Waals surface area contributed by atoms with E-state index >= 15 is 0 Å². The predicted octanol–water partition coefficient (Wildman–Crippen LogP) is 4.43. The molecule has 2 rings (SSSR count). The van der Waals surface area contributed by atoms with Gasteiger partial charge in [-0.05, 0) is 35.4 Å². The van der Waals surface area contributed by atoms with Crippen molar-refractivity contribution in [3.8, 4) is 11.5 Å². The van der Waals surface area contributed by atoms with Crippen LogP contribution < -0.4 is 14.8 Å². The topological polar surface area (TPSA) is 47.6 Å². The minimum Gasteiger partial charge on any atom is -0.496 e. The third-order valence-corrected chi connectivity index (χ3v) is 3.82. The smallest absolute Gasteiger partial charge is 0.251 e. The normalized spacial score (nSPS) is 10.4. The molecular formula is C22H23NO3. The molecule has 0 radical (unpaired) electrons. The van der Waals surface area contributed by atoms with E-state index in [4.69, 9.17) is 9.47 Å². The van der Waals surface area contributed by atoms with Gasteiger partial charge < -0.3 is 14.8 Å². The zero-order valence-electron chi connectivity index (χ0n) is 15.1. The maximum atomic E-state index is 11.9. The van der Waals surface area contributed by atoms with E-state index in [1.54, 1.807) is 38.5 Å². The van der Waals surface area contributed by atoms with Crippen LogP contribution in [0.4, 0.5) is 0 Å². The van der Waals surface area contributed by atoms with Gasteiger partial charge in [-0.25, -0.2) is 0 Å². The van der Waals surface area contributed by atoms with Gasteiger partial charge in [0.15, 0.2) is 0 Å². The summed E-state index contributed by atoms with van der Waals surface area (Å²) in [5, 5.41) is 2.75. The summed E-state index contributed by atoms with van der Waals surface area (Å²) in [6, 6.07) is 11.2. The molecule has 4 nitrogen and oxygen atoms in total. The number of nitrogens with one attached hydrogen (secondary N) is 1. The van der Waals surface area contributed by atoms with E-state index in [2.05, 4.69) is 18.5 Å². The second-order valence-corrected chi connectivity index (χ2v) is 5.50. The highest BCUT2D eigenvalue weighted by Gasteiger charge is 2.08. The van der Waals surface area contributed by atoms with E-state index in [9.17, 15) is 4.79 Å². The third kappa shape index (κ3) is 4.63. The number of carbonyl (C=O) groups excluding carboxylic acids is 1. The highest BCUT2D eigenvalue weighted by atomic mass is 16.5. The van der Waals surface area contributed by atoms with Gasteiger partial charge in [-0.2, -0.15) is 0 Å². The SMILES string of the molecule is C=CCNC(=O)c1ccc(/C=C/c2cc(OC)c(C=C)c(OC)c2)cc1. The Bertz CT molecular complexity index is 795. The molecule has 134 valence electrons. The van der Waals surface area contributed by atoms with Gasteiger partial charge in [-0.15, -0.1) is 6.58 Å². The van der Waals surface area contributed by atoms with Crippen LogP contribution in [-0.4, -0.2) is 26.7 Å². The molecule has 0 aromatic heterocycles. The van der Waals surface area contributed by atoms with Crippen LogP contribution in [0.25, 0.3) is 18.2 Å². The molecule has 0 unspecified atom stereocenters. The zero-order chi connectivity index (χ0) is 18.9. The molecule has 0 spiro atoms. The van der Waals surface area contributed by atoms with Crippen LogP contribution in [0.2, 0.25) is 0 Å². The van der Waals surface area contributed by atoms with Gasteiger partial charge in [0.05, 0.1) is 19.8 Å². The summed E-state index contributed by atoms with van der Waals surface area (Å²) in [5.74, 6) is 1.29. The Morgan fingerprint density at radius 2 is 1.58 bits per heavy atom. The summed E-state index contributed by atoms with van der Waals surface area (Å²) in [5.41, 5.74) is 3.36. The van der Waals surface area contributed by atoms with E-state index in [0.29, 0.717) is 23.6 Å². The van der Waals surface area contributed by atoms with Gasteiger partial charge in [0.1, 0.15) is 11.5 Å². The van der Waals surface area contributed by atoms with Crippen LogP contribution in [0, 0.1) is 0 Å². The first-order chi connectivity index (χ1) is 12.6. The number of methoxy groups -OCH3 is 2. The molecule has 0 atom stereocenters. The average molecular weight is 349 g/mol. The van der Waals surface area contributed by atoms with Crippen molar-refractivity contribution in [2.75, 3.05) is 20.8 Å². The Labute approximate surface area is 154 Å². The maximum Gasteiger partial charge on any atom is 0.251 e. The molecule has 1 amide bonds. The fourth-order valence-corrected chi connectivity index (χ4v) is 2.46. The van der Waals surface area contributed by atoms with Crippen LogP contribution in [0.5, 0.6) is 11.5 Å². The number of benzene rings is 2. The molecule has 1 N–H and O–H groups in total. The molecule has 2 aromatic carbocycles. The van der Waals surface area contributed by atoms with Crippen LogP contribution in [0.3, 0.4) is 0 Å². The molecular weight excluding hydrogens is 326 g/mol. The van der Waals surface area contributed by atoms with Gasteiger partial charge in [0.25, 0.3) is 5.91 Å². The van der Waals surface area contributed by atoms with Gasteiger partial charge >= 0.3 is 0 Å². The molecule has 0 fully saturated rings. The Balaban J connectivity index is 2.20. The first kappa shape index (κ1) is 19.1. The molecule has 0 heterocycles. The maximum absolute atomic E-state index is 11.9. The average Bonchev–Trinajstić information content (AvgIpc) is 2.69. The summed E-state index contributed by atoms with van der Waals surface area (Å²) in [6.07, 6.45) is 7.29. The van der Waals surface area contributed by atoms with Crippen molar-refractivity contribution in [2.24, 2.45) is 0 Å². The van der Waals surface area contributed by atoms with E-state index in [0.717, 1.165) is 16.7 Å². The minimum absolute atomic E-state index is 0.116. The van der Waals surface area contributed by atoms with Crippen molar-refractivity contribution in [2.45, 2.75) is 0 Å². The Kier molecular flexibility index (Phi) is 6.80. The molecule has 4 heteroatoms. The lowest BCUT2D eigenvalue weighted by Gasteiger charge is -2.11. The monoisotopic (exact) mass is 349 g/mol. The van der Waals surface area contributed by atoms with E-state index < -0.39 is 0 Å². The van der Waals surface area contributed by atoms with Gasteiger partial charge in [-0.1, -0.05) is 43.0 Å². The van der Waals surface area contributed by atoms with E-state index in [1.165, 1.54) is 0 Å². The van der Waals surface area contributed by atoms with Crippen molar-refractivity contribution in [1.82, 2.24) is 5.32 Å². The Morgan fingerprint density at radius 3 is 2.08 bits per heavy atom. The number of amides is 1. The first-order valence-corrected chi connectivity index (χ1v) is 8.18. The number of hydrogen-bond acceptors (Lipinski definition) is 3. The summed E-state index contributed by atoms with van der Waals surface area (Å²) < 4.78 is 10.8. The lowest BCUT2D eigenvalue weighted by Crippen LogP contribution is -2.22. The highest BCUT2D eigenvalue weighted by molar-refractivity contribution is 5.94. The molecule has 0 aliphatic carbocycles. The molecule has 0 saturated carbocycles. The number of hydrogen-bond donors (Lipinski definition) is 1. The second kappa shape index (κ2) is 9.28. The van der Waals surface area contributed by atoms with Crippen LogP contribution in [-0.2, 0) is 0 Å². The van der Waals surface area contributed by atoms with Gasteiger partial charge in [0, 0.05) is 12.1 Å². The van der Waals surface area contributed by atoms with Crippen molar-refractivity contribution in [1.29, 1.82) is 0 Å². The Morgan fingerprint density at radius 1 is 1.00 bits per heavy atom. The quantitative estimate of drug-likeness (QED) is 0.566. The van der Waals surface area contributed by atoms with Crippen molar-refractivity contribution in [3.63, 3.8) is 0 Å². The van der Waals surface area contributed by atoms with Crippen LogP contribution >= 0.6 is 0 Å². The fourth-order valence-electron chi connectivity index (χ4n) is 2.46. The van der Waals surface area contributed by atoms with Gasteiger partial charge in [0.2, 0.25) is 0 Å². The summed E-state index contributed by atoms with van der Waals surface area (Å²) in [6.45, 7) is 7.83. The molecule has 26 heavy (non-hydrogen) atoms. The summed E-state index contributed by atoms with van der Waals surface area (Å²) in [7, 11) is 3.23. The standard InChI is InChI=1S/C22H23NO3/c1-5-13-23-22(24)18-11-9-16(10-12-18)7-8-17-14-20(25-3)19(6-2)21(15-17)26-4/h5-12,14-15H,1-2,13H2,3-4H3,(H,23,24)/b8-7+. The number of rotatable bonds is 8. The van der Waals surface area contributed by atoms with Crippen molar-refractivity contribution in [3.05, 3.63) is 77.9 Å². The van der Waals surface area contributed by atoms with Crippen LogP contribution in [0.1, 0.15) is 27.0 Å². The highest BCUT2D eigenvalue weighted by Crippen LogP contribution is 2.32. The zero-order valence-corrected chi connectivity index (χ0v) is 15.1. The molecule has 0 bridgehead atoms. The fraction of sp³-hybridized carbons (Fsp3) is 0.136. The first-order valence-electron chi connectivity index (χ1n) is 8.18. The third-order valence-electron chi connectivity index (χ3n) is 3.82. The molecule has 2 aromatic rings. The number of ether oxygens (including phenoxy) is 2. The number of carbonyl (C=O) groups is 1. The van der Waals surface area contributed by atoms with Crippen molar-refractivity contribution < 1.29 is 14.3 Å². The molecule has 0 aliphatic heterocycles.